The summed E-state index contributed by atoms with van der Waals surface area (Å²) in [6, 6.07) is 0. The van der Waals surface area contributed by atoms with Gasteiger partial charge in [-0.05, 0) is 47.5 Å². The zero-order valence-electron chi connectivity index (χ0n) is 10.0. The first kappa shape index (κ1) is 12.0. The number of hydrogen-bond donors (Lipinski definition) is 1. The molecule has 0 saturated carbocycles. The van der Waals surface area contributed by atoms with E-state index in [0.29, 0.717) is 6.10 Å². The standard InChI is InChI=1S/C11H23NO2/c1-10(2,3)14-12-8-9-6-7-11(4,5)13-9/h9,12H,6-8H2,1-5H3. The van der Waals surface area contributed by atoms with Gasteiger partial charge < -0.3 is 4.74 Å². The van der Waals surface area contributed by atoms with E-state index in [1.165, 1.54) is 0 Å². The molecule has 1 aliphatic heterocycles. The van der Waals surface area contributed by atoms with Crippen LogP contribution in [0, 0.1) is 0 Å². The lowest BCUT2D eigenvalue weighted by molar-refractivity contribution is -0.0958. The van der Waals surface area contributed by atoms with Crippen molar-refractivity contribution < 1.29 is 9.57 Å². The van der Waals surface area contributed by atoms with Gasteiger partial charge in [0.2, 0.25) is 0 Å². The molecule has 0 bridgehead atoms. The van der Waals surface area contributed by atoms with Gasteiger partial charge >= 0.3 is 0 Å². The van der Waals surface area contributed by atoms with E-state index in [-0.39, 0.29) is 11.2 Å². The average Bonchev–Trinajstić information content (AvgIpc) is 2.27. The molecule has 3 nitrogen and oxygen atoms in total. The molecule has 0 aromatic carbocycles. The second kappa shape index (κ2) is 4.17. The molecule has 1 fully saturated rings. The molecule has 0 spiro atoms. The van der Waals surface area contributed by atoms with Gasteiger partial charge in [0.05, 0.1) is 17.3 Å². The van der Waals surface area contributed by atoms with Crippen LogP contribution in [0.5, 0.6) is 0 Å². The molecule has 1 N–H and O–H groups in total. The molecule has 1 unspecified atom stereocenters. The van der Waals surface area contributed by atoms with Crippen LogP contribution in [-0.2, 0) is 9.57 Å². The molecule has 3 heteroatoms. The van der Waals surface area contributed by atoms with E-state index in [1.807, 2.05) is 20.8 Å². The van der Waals surface area contributed by atoms with Crippen LogP contribution >= 0.6 is 0 Å². The van der Waals surface area contributed by atoms with Gasteiger partial charge in [-0.3, -0.25) is 4.84 Å². The first-order chi connectivity index (χ1) is 6.29. The zero-order valence-corrected chi connectivity index (χ0v) is 10.0. The third-order valence-electron chi connectivity index (χ3n) is 2.24. The molecule has 0 aromatic rings. The van der Waals surface area contributed by atoms with E-state index in [0.717, 1.165) is 19.4 Å². The van der Waals surface area contributed by atoms with E-state index in [4.69, 9.17) is 9.57 Å². The van der Waals surface area contributed by atoms with Crippen molar-refractivity contribution in [2.45, 2.75) is 64.8 Å². The highest BCUT2D eigenvalue weighted by atomic mass is 16.7. The predicted molar refractivity (Wildman–Crippen MR) is 57.0 cm³/mol. The molecule has 1 atom stereocenters. The smallest absolute Gasteiger partial charge is 0.0812 e. The van der Waals surface area contributed by atoms with Crippen LogP contribution in [0.15, 0.2) is 0 Å². The number of ether oxygens (including phenoxy) is 1. The minimum absolute atomic E-state index is 0.0497. The lowest BCUT2D eigenvalue weighted by Gasteiger charge is -2.22. The fourth-order valence-electron chi connectivity index (χ4n) is 1.57. The molecule has 1 heterocycles. The molecule has 0 radical (unpaired) electrons. The van der Waals surface area contributed by atoms with E-state index in [1.54, 1.807) is 0 Å². The SMILES string of the molecule is CC(C)(C)ONCC1CCC(C)(C)O1. The first-order valence-electron chi connectivity index (χ1n) is 5.37. The Hall–Kier alpha value is -0.120. The Bertz CT molecular complexity index is 184. The fourth-order valence-corrected chi connectivity index (χ4v) is 1.57. The summed E-state index contributed by atoms with van der Waals surface area (Å²) in [5.41, 5.74) is 2.90. The van der Waals surface area contributed by atoms with Crippen LogP contribution in [-0.4, -0.2) is 23.9 Å². The second-order valence-corrected chi connectivity index (χ2v) is 5.60. The van der Waals surface area contributed by atoms with Crippen LogP contribution in [0.25, 0.3) is 0 Å². The predicted octanol–water partition coefficient (Wildman–Crippen LogP) is 2.26. The molecule has 84 valence electrons. The summed E-state index contributed by atoms with van der Waals surface area (Å²) >= 11 is 0. The maximum Gasteiger partial charge on any atom is 0.0812 e. The van der Waals surface area contributed by atoms with Crippen LogP contribution in [0.3, 0.4) is 0 Å². The lowest BCUT2D eigenvalue weighted by atomic mass is 10.1. The van der Waals surface area contributed by atoms with Crippen LogP contribution in [0.4, 0.5) is 0 Å². The normalized spacial score (nSPS) is 26.8. The highest BCUT2D eigenvalue weighted by Gasteiger charge is 2.31. The minimum Gasteiger partial charge on any atom is -0.371 e. The van der Waals surface area contributed by atoms with E-state index < -0.39 is 0 Å². The lowest BCUT2D eigenvalue weighted by Crippen LogP contribution is -2.35. The maximum absolute atomic E-state index is 5.82. The Balaban J connectivity index is 2.15. The molecule has 0 aromatic heterocycles. The summed E-state index contributed by atoms with van der Waals surface area (Å²) in [6.45, 7) is 11.1. The van der Waals surface area contributed by atoms with Gasteiger partial charge in [-0.1, -0.05) is 0 Å². The first-order valence-corrected chi connectivity index (χ1v) is 5.37. The summed E-state index contributed by atoms with van der Waals surface area (Å²) in [5.74, 6) is 0. The molecule has 1 aliphatic rings. The Morgan fingerprint density at radius 2 is 2.07 bits per heavy atom. The largest absolute Gasteiger partial charge is 0.371 e. The van der Waals surface area contributed by atoms with Gasteiger partial charge in [0.15, 0.2) is 0 Å². The van der Waals surface area contributed by atoms with Crippen LogP contribution < -0.4 is 5.48 Å². The number of hydroxylamine groups is 1. The molecular weight excluding hydrogens is 178 g/mol. The van der Waals surface area contributed by atoms with Crippen molar-refractivity contribution in [1.29, 1.82) is 0 Å². The summed E-state index contributed by atoms with van der Waals surface area (Å²) in [6.07, 6.45) is 2.55. The van der Waals surface area contributed by atoms with Crippen LogP contribution in [0.2, 0.25) is 0 Å². The van der Waals surface area contributed by atoms with E-state index in [9.17, 15) is 0 Å². The highest BCUT2D eigenvalue weighted by molar-refractivity contribution is 4.81. The van der Waals surface area contributed by atoms with Gasteiger partial charge in [0.1, 0.15) is 0 Å². The van der Waals surface area contributed by atoms with Gasteiger partial charge in [0, 0.05) is 6.54 Å². The number of rotatable bonds is 3. The summed E-state index contributed by atoms with van der Waals surface area (Å²) in [5, 5.41) is 0. The third-order valence-corrected chi connectivity index (χ3v) is 2.24. The van der Waals surface area contributed by atoms with E-state index in [2.05, 4.69) is 19.3 Å². The Kier molecular flexibility index (Phi) is 3.56. The van der Waals surface area contributed by atoms with Gasteiger partial charge in [-0.2, -0.15) is 5.48 Å². The van der Waals surface area contributed by atoms with Crippen LogP contribution in [0.1, 0.15) is 47.5 Å². The van der Waals surface area contributed by atoms with Gasteiger partial charge in [-0.25, -0.2) is 0 Å². The molecule has 0 aliphatic carbocycles. The monoisotopic (exact) mass is 201 g/mol. The van der Waals surface area contributed by atoms with Crippen molar-refractivity contribution in [1.82, 2.24) is 5.48 Å². The third kappa shape index (κ3) is 4.40. The van der Waals surface area contributed by atoms with Gasteiger partial charge in [-0.15, -0.1) is 0 Å². The molecule has 14 heavy (non-hydrogen) atoms. The average molecular weight is 201 g/mol. The highest BCUT2D eigenvalue weighted by Crippen LogP contribution is 2.28. The van der Waals surface area contributed by atoms with E-state index >= 15 is 0 Å². The minimum atomic E-state index is -0.131. The zero-order chi connectivity index (χ0) is 10.8. The topological polar surface area (TPSA) is 30.5 Å². The van der Waals surface area contributed by atoms with Crippen molar-refractivity contribution in [3.63, 3.8) is 0 Å². The number of nitrogens with one attached hydrogen (secondary N) is 1. The second-order valence-electron chi connectivity index (χ2n) is 5.60. The molecular formula is C11H23NO2. The Morgan fingerprint density at radius 1 is 1.43 bits per heavy atom. The molecule has 1 saturated heterocycles. The Labute approximate surface area is 87.1 Å². The summed E-state index contributed by atoms with van der Waals surface area (Å²) < 4.78 is 5.82. The maximum atomic E-state index is 5.82. The molecule has 0 amide bonds. The Morgan fingerprint density at radius 3 is 2.50 bits per heavy atom. The summed E-state index contributed by atoms with van der Waals surface area (Å²) in [7, 11) is 0. The van der Waals surface area contributed by atoms with Crippen molar-refractivity contribution in [3.8, 4) is 0 Å². The van der Waals surface area contributed by atoms with Crippen molar-refractivity contribution in [3.05, 3.63) is 0 Å². The van der Waals surface area contributed by atoms with Crippen molar-refractivity contribution in [2.75, 3.05) is 6.54 Å². The quantitative estimate of drug-likeness (QED) is 0.710. The summed E-state index contributed by atoms with van der Waals surface area (Å²) in [4.78, 5) is 5.43. The van der Waals surface area contributed by atoms with Gasteiger partial charge in [0.25, 0.3) is 0 Å². The fraction of sp³-hybridized carbons (Fsp3) is 1.00. The van der Waals surface area contributed by atoms with Crippen molar-refractivity contribution >= 4 is 0 Å². The number of hydrogen-bond acceptors (Lipinski definition) is 3. The van der Waals surface area contributed by atoms with Crippen molar-refractivity contribution in [2.24, 2.45) is 0 Å². The molecule has 1 rings (SSSR count).